The first-order valence-electron chi connectivity index (χ1n) is 10.3. The number of nitrogens with one attached hydrogen (secondary N) is 2. The fraction of sp³-hybridized carbons (Fsp3) is 0.240. The maximum atomic E-state index is 13.6. The average Bonchev–Trinajstić information content (AvgIpc) is 3.27. The lowest BCUT2D eigenvalue weighted by Crippen LogP contribution is -2.27. The molecule has 0 radical (unpaired) electrons. The van der Waals surface area contributed by atoms with Crippen molar-refractivity contribution < 1.29 is 14.3 Å². The van der Waals surface area contributed by atoms with Crippen molar-refractivity contribution in [1.82, 2.24) is 0 Å². The highest BCUT2D eigenvalue weighted by Gasteiger charge is 2.37. The molecule has 0 unspecified atom stereocenters. The summed E-state index contributed by atoms with van der Waals surface area (Å²) in [5.74, 6) is 1.63. The van der Waals surface area contributed by atoms with E-state index >= 15 is 0 Å². The molecule has 0 bridgehead atoms. The second kappa shape index (κ2) is 8.12. The van der Waals surface area contributed by atoms with Gasteiger partial charge in [0.15, 0.2) is 17.3 Å². The molecule has 2 aromatic carbocycles. The molecule has 1 aliphatic carbocycles. The molecule has 31 heavy (non-hydrogen) atoms. The Morgan fingerprint density at radius 1 is 0.935 bits per heavy atom. The molecule has 2 atom stereocenters. The van der Waals surface area contributed by atoms with Crippen LogP contribution in [0.4, 0.5) is 11.4 Å². The highest BCUT2D eigenvalue weighted by atomic mass is 32.1. The number of ether oxygens (including phenoxy) is 2. The molecule has 2 N–H and O–H groups in total. The van der Waals surface area contributed by atoms with Crippen LogP contribution in [-0.2, 0) is 4.79 Å². The van der Waals surface area contributed by atoms with E-state index in [2.05, 4.69) is 28.1 Å². The Balaban J connectivity index is 1.67. The Bertz CT molecular complexity index is 1150. The topological polar surface area (TPSA) is 59.6 Å². The average molecular weight is 433 g/mol. The number of para-hydroxylation sites is 3. The predicted octanol–water partition coefficient (Wildman–Crippen LogP) is 5.74. The van der Waals surface area contributed by atoms with E-state index in [0.717, 1.165) is 34.6 Å². The van der Waals surface area contributed by atoms with E-state index in [4.69, 9.17) is 9.47 Å². The first-order valence-corrected chi connectivity index (χ1v) is 11.2. The van der Waals surface area contributed by atoms with E-state index in [9.17, 15) is 4.79 Å². The van der Waals surface area contributed by atoms with Gasteiger partial charge in [0.1, 0.15) is 0 Å². The van der Waals surface area contributed by atoms with Gasteiger partial charge < -0.3 is 20.1 Å². The van der Waals surface area contributed by atoms with Gasteiger partial charge in [0.05, 0.1) is 31.6 Å². The van der Waals surface area contributed by atoms with Crippen molar-refractivity contribution in [3.8, 4) is 11.5 Å². The molecular weight excluding hydrogens is 408 g/mol. The second-order valence-corrected chi connectivity index (χ2v) is 8.75. The van der Waals surface area contributed by atoms with Crippen LogP contribution in [0.15, 0.2) is 71.2 Å². The molecular formula is C25H24N2O3S. The predicted molar refractivity (Wildman–Crippen MR) is 124 cm³/mol. The van der Waals surface area contributed by atoms with Gasteiger partial charge in [-0.3, -0.25) is 4.79 Å². The van der Waals surface area contributed by atoms with Crippen LogP contribution in [0, 0.1) is 0 Å². The molecule has 3 aromatic rings. The minimum Gasteiger partial charge on any atom is -0.493 e. The molecule has 1 aromatic heterocycles. The molecule has 2 aliphatic rings. The number of benzene rings is 2. The van der Waals surface area contributed by atoms with Gasteiger partial charge in [-0.2, -0.15) is 0 Å². The number of ketones is 1. The summed E-state index contributed by atoms with van der Waals surface area (Å²) in [7, 11) is 3.26. The minimum absolute atomic E-state index is 0.155. The Morgan fingerprint density at radius 3 is 2.52 bits per heavy atom. The lowest BCUT2D eigenvalue weighted by molar-refractivity contribution is -0.116. The molecule has 0 fully saturated rings. The monoisotopic (exact) mass is 432 g/mol. The van der Waals surface area contributed by atoms with E-state index in [1.54, 1.807) is 25.6 Å². The quantitative estimate of drug-likeness (QED) is 0.550. The van der Waals surface area contributed by atoms with Crippen molar-refractivity contribution >= 4 is 28.5 Å². The van der Waals surface area contributed by atoms with Crippen LogP contribution < -0.4 is 20.1 Å². The lowest BCUT2D eigenvalue weighted by atomic mass is 9.80. The van der Waals surface area contributed by atoms with Crippen LogP contribution in [0.3, 0.4) is 0 Å². The van der Waals surface area contributed by atoms with Crippen molar-refractivity contribution in [2.24, 2.45) is 0 Å². The van der Waals surface area contributed by atoms with Crippen LogP contribution in [-0.4, -0.2) is 20.0 Å². The third-order valence-electron chi connectivity index (χ3n) is 6.00. The molecule has 158 valence electrons. The van der Waals surface area contributed by atoms with Crippen molar-refractivity contribution in [2.75, 3.05) is 24.9 Å². The van der Waals surface area contributed by atoms with Crippen LogP contribution >= 0.6 is 11.3 Å². The number of thiophene rings is 1. The van der Waals surface area contributed by atoms with Crippen LogP contribution in [0.1, 0.15) is 35.2 Å². The number of carbonyl (C=O) groups excluding carboxylic acids is 1. The number of methoxy groups -OCH3 is 2. The summed E-state index contributed by atoms with van der Waals surface area (Å²) in [4.78, 5) is 14.8. The van der Waals surface area contributed by atoms with E-state index < -0.39 is 0 Å². The Kier molecular flexibility index (Phi) is 5.16. The summed E-state index contributed by atoms with van der Waals surface area (Å²) in [5, 5.41) is 9.26. The summed E-state index contributed by atoms with van der Waals surface area (Å²) in [6.07, 6.45) is 1.29. The van der Waals surface area contributed by atoms with Gasteiger partial charge in [-0.1, -0.05) is 30.3 Å². The van der Waals surface area contributed by atoms with Gasteiger partial charge >= 0.3 is 0 Å². The molecule has 6 heteroatoms. The third-order valence-corrected chi connectivity index (χ3v) is 7.03. The SMILES string of the molecule is COc1cccc([C@H]2Nc3ccccc3NC3=C2C(=O)C[C@H](c2cccs2)C3)c1OC. The maximum Gasteiger partial charge on any atom is 0.166 e. The Morgan fingerprint density at radius 2 is 1.77 bits per heavy atom. The normalized spacial score (nSPS) is 20.1. The molecule has 0 amide bonds. The number of Topliss-reactive ketones (excluding diaryl/α,β-unsaturated/α-hetero) is 1. The van der Waals surface area contributed by atoms with Crippen molar-refractivity contribution in [2.45, 2.75) is 24.8 Å². The second-order valence-electron chi connectivity index (χ2n) is 7.77. The van der Waals surface area contributed by atoms with Gasteiger partial charge in [0.25, 0.3) is 0 Å². The Labute approximate surface area is 185 Å². The molecule has 0 saturated carbocycles. The van der Waals surface area contributed by atoms with Crippen LogP contribution in [0.25, 0.3) is 0 Å². The highest BCUT2D eigenvalue weighted by molar-refractivity contribution is 7.10. The fourth-order valence-electron chi connectivity index (χ4n) is 4.59. The van der Waals surface area contributed by atoms with Crippen molar-refractivity contribution in [3.05, 3.63) is 81.7 Å². The number of hydrogen-bond acceptors (Lipinski definition) is 6. The summed E-state index contributed by atoms with van der Waals surface area (Å²) in [5.41, 5.74) is 4.56. The van der Waals surface area contributed by atoms with E-state index in [1.807, 2.05) is 42.5 Å². The zero-order valence-electron chi connectivity index (χ0n) is 17.5. The maximum absolute atomic E-state index is 13.6. The summed E-state index contributed by atoms with van der Waals surface area (Å²) in [6, 6.07) is 17.7. The van der Waals surface area contributed by atoms with E-state index in [-0.39, 0.29) is 17.7 Å². The van der Waals surface area contributed by atoms with Crippen molar-refractivity contribution in [3.63, 3.8) is 0 Å². The van der Waals surface area contributed by atoms with Crippen LogP contribution in [0.5, 0.6) is 11.5 Å². The largest absolute Gasteiger partial charge is 0.493 e. The third kappa shape index (κ3) is 3.47. The van der Waals surface area contributed by atoms with E-state index in [1.165, 1.54) is 4.88 Å². The summed E-state index contributed by atoms with van der Waals surface area (Å²) < 4.78 is 11.3. The first kappa shape index (κ1) is 19.7. The zero-order valence-corrected chi connectivity index (χ0v) is 18.3. The molecule has 0 saturated heterocycles. The number of fused-ring (bicyclic) bond motifs is 1. The minimum atomic E-state index is -0.340. The summed E-state index contributed by atoms with van der Waals surface area (Å²) >= 11 is 1.72. The highest BCUT2D eigenvalue weighted by Crippen LogP contribution is 2.47. The van der Waals surface area contributed by atoms with E-state index in [0.29, 0.717) is 17.9 Å². The number of anilines is 2. The molecule has 2 heterocycles. The smallest absolute Gasteiger partial charge is 0.166 e. The van der Waals surface area contributed by atoms with Gasteiger partial charge in [-0.25, -0.2) is 0 Å². The molecule has 5 rings (SSSR count). The number of rotatable bonds is 4. The molecule has 5 nitrogen and oxygen atoms in total. The van der Waals surface area contributed by atoms with Gasteiger partial charge in [0, 0.05) is 34.0 Å². The zero-order chi connectivity index (χ0) is 21.4. The lowest BCUT2D eigenvalue weighted by Gasteiger charge is -2.30. The molecule has 0 spiro atoms. The first-order chi connectivity index (χ1) is 15.2. The Hall–Kier alpha value is -3.25. The fourth-order valence-corrected chi connectivity index (χ4v) is 5.42. The van der Waals surface area contributed by atoms with Gasteiger partial charge in [0.2, 0.25) is 0 Å². The van der Waals surface area contributed by atoms with Crippen molar-refractivity contribution in [1.29, 1.82) is 0 Å². The summed E-state index contributed by atoms with van der Waals surface area (Å²) in [6.45, 7) is 0. The standard InChI is InChI=1S/C25H24N2O3S/c1-29-21-10-5-7-16(25(21)30-2)24-23-19(26-17-8-3-4-9-18(17)27-24)13-15(14-20(23)28)22-11-6-12-31-22/h3-12,15,24,26-27H,13-14H2,1-2H3/t15-,24-/m1/s1. The van der Waals surface area contributed by atoms with Gasteiger partial charge in [-0.15, -0.1) is 11.3 Å². The number of carbonyl (C=O) groups is 1. The number of hydrogen-bond donors (Lipinski definition) is 2. The molecule has 1 aliphatic heterocycles. The number of allylic oxidation sites excluding steroid dienone is 1. The van der Waals surface area contributed by atoms with Gasteiger partial charge in [-0.05, 0) is 36.1 Å². The van der Waals surface area contributed by atoms with Crippen LogP contribution in [0.2, 0.25) is 0 Å².